The van der Waals surface area contributed by atoms with Crippen LogP contribution in [0.25, 0.3) is 6.08 Å². The quantitative estimate of drug-likeness (QED) is 0.869. The Hall–Kier alpha value is -1.81. The number of aliphatic hydroxyl groups is 1. The Morgan fingerprint density at radius 3 is 3.04 bits per heavy atom. The average molecular weight is 315 g/mol. The predicted molar refractivity (Wildman–Crippen MR) is 90.3 cm³/mol. The van der Waals surface area contributed by atoms with E-state index in [1.807, 2.05) is 25.3 Å². The molecule has 0 spiro atoms. The summed E-state index contributed by atoms with van der Waals surface area (Å²) in [4.78, 5) is 14.0. The molecule has 1 aliphatic heterocycles. The molecule has 1 heterocycles. The van der Waals surface area contributed by atoms with E-state index in [2.05, 4.69) is 6.07 Å². The Morgan fingerprint density at radius 1 is 1.39 bits per heavy atom. The third-order valence-corrected chi connectivity index (χ3v) is 4.89. The monoisotopic (exact) mass is 315 g/mol. The van der Waals surface area contributed by atoms with Crippen molar-refractivity contribution in [3.63, 3.8) is 0 Å². The number of ether oxygens (including phenoxy) is 1. The van der Waals surface area contributed by atoms with E-state index >= 15 is 0 Å². The molecule has 2 aliphatic rings. The van der Waals surface area contributed by atoms with E-state index in [4.69, 9.17) is 4.74 Å². The molecule has 0 radical (unpaired) electrons. The van der Waals surface area contributed by atoms with Crippen molar-refractivity contribution in [2.75, 3.05) is 20.2 Å². The number of carbonyl (C=O) groups is 1. The highest BCUT2D eigenvalue weighted by Gasteiger charge is 2.25. The lowest BCUT2D eigenvalue weighted by Gasteiger charge is -2.30. The Labute approximate surface area is 137 Å². The van der Waals surface area contributed by atoms with Gasteiger partial charge < -0.3 is 14.7 Å². The van der Waals surface area contributed by atoms with Gasteiger partial charge in [-0.2, -0.15) is 0 Å². The lowest BCUT2D eigenvalue weighted by atomic mass is 9.86. The molecule has 4 nitrogen and oxygen atoms in total. The van der Waals surface area contributed by atoms with Crippen molar-refractivity contribution in [2.24, 2.45) is 5.92 Å². The molecule has 1 amide bonds. The third kappa shape index (κ3) is 3.94. The van der Waals surface area contributed by atoms with E-state index in [1.165, 1.54) is 5.56 Å². The minimum absolute atomic E-state index is 0.0143. The first-order chi connectivity index (χ1) is 11.1. The fourth-order valence-electron chi connectivity index (χ4n) is 3.45. The van der Waals surface area contributed by atoms with E-state index in [9.17, 15) is 9.90 Å². The van der Waals surface area contributed by atoms with Crippen molar-refractivity contribution in [1.29, 1.82) is 0 Å². The molecule has 1 aromatic carbocycles. The topological polar surface area (TPSA) is 49.8 Å². The summed E-state index contributed by atoms with van der Waals surface area (Å²) >= 11 is 0. The van der Waals surface area contributed by atoms with Gasteiger partial charge in [0.25, 0.3) is 0 Å². The smallest absolute Gasteiger partial charge is 0.246 e. The van der Waals surface area contributed by atoms with Crippen molar-refractivity contribution >= 4 is 12.0 Å². The molecule has 0 aromatic heterocycles. The van der Waals surface area contributed by atoms with E-state index in [1.54, 1.807) is 11.0 Å². The number of rotatable bonds is 4. The molecule has 0 saturated heterocycles. The van der Waals surface area contributed by atoms with Crippen LogP contribution < -0.4 is 4.74 Å². The van der Waals surface area contributed by atoms with E-state index in [0.717, 1.165) is 50.0 Å². The van der Waals surface area contributed by atoms with Crippen LogP contribution in [-0.2, 0) is 11.2 Å². The second kappa shape index (κ2) is 7.18. The van der Waals surface area contributed by atoms with Gasteiger partial charge in [-0.15, -0.1) is 0 Å². The molecule has 2 unspecified atom stereocenters. The number of amides is 1. The largest absolute Gasteiger partial charge is 0.493 e. The number of carbonyl (C=O) groups excluding carboxylic acids is 1. The molecule has 0 bridgehead atoms. The van der Waals surface area contributed by atoms with Crippen LogP contribution in [0.2, 0.25) is 0 Å². The van der Waals surface area contributed by atoms with Crippen LogP contribution in [0.15, 0.2) is 24.3 Å². The van der Waals surface area contributed by atoms with E-state index in [-0.39, 0.29) is 17.9 Å². The average Bonchev–Trinajstić information content (AvgIpc) is 3.02. The second-order valence-electron chi connectivity index (χ2n) is 6.63. The summed E-state index contributed by atoms with van der Waals surface area (Å²) in [5.74, 6) is 1.15. The van der Waals surface area contributed by atoms with Crippen LogP contribution >= 0.6 is 0 Å². The molecule has 1 aromatic rings. The van der Waals surface area contributed by atoms with Crippen LogP contribution in [-0.4, -0.2) is 42.2 Å². The van der Waals surface area contributed by atoms with Gasteiger partial charge in [0.1, 0.15) is 5.75 Å². The van der Waals surface area contributed by atoms with Gasteiger partial charge in [0, 0.05) is 32.0 Å². The highest BCUT2D eigenvalue weighted by atomic mass is 16.5. The fraction of sp³-hybridized carbons (Fsp3) is 0.526. The SMILES string of the molecule is CN(CC1CCCCC1O)C(=O)/C=C/c1ccc2c(c1)CCO2. The predicted octanol–water partition coefficient (Wildman–Crippen LogP) is 2.64. The van der Waals surface area contributed by atoms with Crippen LogP contribution in [0.3, 0.4) is 0 Å². The summed E-state index contributed by atoms with van der Waals surface area (Å²) in [6, 6.07) is 6.02. The van der Waals surface area contributed by atoms with Crippen LogP contribution in [0.1, 0.15) is 36.8 Å². The first-order valence-corrected chi connectivity index (χ1v) is 8.50. The summed E-state index contributed by atoms with van der Waals surface area (Å²) in [7, 11) is 1.81. The first-order valence-electron chi connectivity index (χ1n) is 8.50. The molecule has 1 N–H and O–H groups in total. The normalized spacial score (nSPS) is 23.6. The highest BCUT2D eigenvalue weighted by Crippen LogP contribution is 2.27. The molecular formula is C19H25NO3. The summed E-state index contributed by atoms with van der Waals surface area (Å²) in [6.45, 7) is 1.37. The zero-order valence-corrected chi connectivity index (χ0v) is 13.7. The van der Waals surface area contributed by atoms with Crippen LogP contribution in [0.4, 0.5) is 0 Å². The van der Waals surface area contributed by atoms with Gasteiger partial charge in [0.2, 0.25) is 5.91 Å². The van der Waals surface area contributed by atoms with Gasteiger partial charge in [-0.25, -0.2) is 0 Å². The van der Waals surface area contributed by atoms with Gasteiger partial charge in [0.05, 0.1) is 12.7 Å². The van der Waals surface area contributed by atoms with Gasteiger partial charge in [0.15, 0.2) is 0 Å². The molecule has 1 fully saturated rings. The summed E-state index contributed by atoms with van der Waals surface area (Å²) in [5.41, 5.74) is 2.23. The Morgan fingerprint density at radius 2 is 2.22 bits per heavy atom. The number of aliphatic hydroxyl groups excluding tert-OH is 1. The van der Waals surface area contributed by atoms with Crippen molar-refractivity contribution in [2.45, 2.75) is 38.2 Å². The number of fused-ring (bicyclic) bond motifs is 1. The van der Waals surface area contributed by atoms with E-state index < -0.39 is 0 Å². The van der Waals surface area contributed by atoms with Gasteiger partial charge >= 0.3 is 0 Å². The van der Waals surface area contributed by atoms with Crippen molar-refractivity contribution in [3.8, 4) is 5.75 Å². The molecule has 23 heavy (non-hydrogen) atoms. The maximum absolute atomic E-state index is 12.3. The summed E-state index contributed by atoms with van der Waals surface area (Å²) in [6.07, 6.45) is 8.26. The number of likely N-dealkylation sites (N-methyl/N-ethyl adjacent to an activating group) is 1. The number of benzene rings is 1. The van der Waals surface area contributed by atoms with Crippen molar-refractivity contribution < 1.29 is 14.6 Å². The maximum atomic E-state index is 12.3. The summed E-state index contributed by atoms with van der Waals surface area (Å²) < 4.78 is 5.49. The lowest BCUT2D eigenvalue weighted by molar-refractivity contribution is -0.126. The molecular weight excluding hydrogens is 290 g/mol. The minimum atomic E-state index is -0.264. The van der Waals surface area contributed by atoms with Gasteiger partial charge in [-0.05, 0) is 42.2 Å². The maximum Gasteiger partial charge on any atom is 0.246 e. The Bertz CT molecular complexity index is 596. The molecule has 1 saturated carbocycles. The minimum Gasteiger partial charge on any atom is -0.493 e. The first kappa shape index (κ1) is 16.1. The van der Waals surface area contributed by atoms with Gasteiger partial charge in [-0.1, -0.05) is 18.9 Å². The van der Waals surface area contributed by atoms with Crippen molar-refractivity contribution in [1.82, 2.24) is 4.90 Å². The Balaban J connectivity index is 1.57. The fourth-order valence-corrected chi connectivity index (χ4v) is 3.45. The van der Waals surface area contributed by atoms with Crippen LogP contribution in [0.5, 0.6) is 5.75 Å². The van der Waals surface area contributed by atoms with Crippen molar-refractivity contribution in [3.05, 3.63) is 35.4 Å². The molecule has 3 rings (SSSR count). The zero-order valence-electron chi connectivity index (χ0n) is 13.7. The highest BCUT2D eigenvalue weighted by molar-refractivity contribution is 5.91. The summed E-state index contributed by atoms with van der Waals surface area (Å²) in [5, 5.41) is 10.0. The Kier molecular flexibility index (Phi) is 5.01. The van der Waals surface area contributed by atoms with Crippen LogP contribution in [0, 0.1) is 5.92 Å². The number of nitrogens with zero attached hydrogens (tertiary/aromatic N) is 1. The van der Waals surface area contributed by atoms with Gasteiger partial charge in [-0.3, -0.25) is 4.79 Å². The zero-order chi connectivity index (χ0) is 16.2. The van der Waals surface area contributed by atoms with E-state index in [0.29, 0.717) is 6.54 Å². The number of hydrogen-bond acceptors (Lipinski definition) is 3. The molecule has 124 valence electrons. The standard InChI is InChI=1S/C19H25NO3/c1-20(13-16-4-2-3-5-17(16)21)19(22)9-7-14-6-8-18-15(12-14)10-11-23-18/h6-9,12,16-17,21H,2-5,10-11,13H2,1H3/b9-7+. The third-order valence-electron chi connectivity index (χ3n) is 4.89. The second-order valence-corrected chi connectivity index (χ2v) is 6.63. The molecule has 4 heteroatoms. The molecule has 2 atom stereocenters. The lowest BCUT2D eigenvalue weighted by Crippen LogP contribution is -2.37. The number of hydrogen-bond donors (Lipinski definition) is 1. The molecule has 1 aliphatic carbocycles.